The average Bonchev–Trinajstić information content (AvgIpc) is 3.11. The fourth-order valence-electron chi connectivity index (χ4n) is 5.81. The Labute approximate surface area is 205 Å². The van der Waals surface area contributed by atoms with Crippen LogP contribution in [0.5, 0.6) is 0 Å². The van der Waals surface area contributed by atoms with Gasteiger partial charge in [-0.15, -0.1) is 0 Å². The number of aliphatic carboxylic acids is 1. The molecule has 3 N–H and O–H groups in total. The molecule has 7 nitrogen and oxygen atoms in total. The van der Waals surface area contributed by atoms with Crippen molar-refractivity contribution in [1.82, 2.24) is 10.6 Å². The zero-order valence-electron chi connectivity index (χ0n) is 19.8. The fraction of sp³-hybridized carbons (Fsp3) is 0.464. The number of carbonyl (C=O) groups excluding carboxylic acids is 2. The molecular formula is C28H32N2O5. The molecule has 0 aliphatic heterocycles. The smallest absolute Gasteiger partial charge is 0.407 e. The number of ether oxygens (including phenoxy) is 1. The van der Waals surface area contributed by atoms with Crippen LogP contribution in [0.1, 0.15) is 68.4 Å². The van der Waals surface area contributed by atoms with Crippen molar-refractivity contribution in [3.05, 3.63) is 59.7 Å². The van der Waals surface area contributed by atoms with Crippen molar-refractivity contribution in [2.45, 2.75) is 68.9 Å². The van der Waals surface area contributed by atoms with Crippen molar-refractivity contribution in [3.8, 4) is 11.1 Å². The highest BCUT2D eigenvalue weighted by Crippen LogP contribution is 2.47. The number of hydrogen-bond donors (Lipinski definition) is 3. The van der Waals surface area contributed by atoms with E-state index in [2.05, 4.69) is 22.8 Å². The molecule has 3 aliphatic rings. The number of benzene rings is 2. The van der Waals surface area contributed by atoms with E-state index in [1.54, 1.807) is 0 Å². The summed E-state index contributed by atoms with van der Waals surface area (Å²) < 4.78 is 5.60. The molecule has 0 heterocycles. The van der Waals surface area contributed by atoms with Gasteiger partial charge >= 0.3 is 12.1 Å². The Morgan fingerprint density at radius 1 is 0.971 bits per heavy atom. The van der Waals surface area contributed by atoms with Crippen LogP contribution in [-0.4, -0.2) is 41.3 Å². The van der Waals surface area contributed by atoms with E-state index >= 15 is 0 Å². The zero-order valence-corrected chi connectivity index (χ0v) is 19.8. The molecule has 5 rings (SSSR count). The van der Waals surface area contributed by atoms with Gasteiger partial charge in [0.15, 0.2) is 0 Å². The molecule has 0 bridgehead atoms. The topological polar surface area (TPSA) is 105 Å². The molecular weight excluding hydrogens is 444 g/mol. The molecule has 2 aromatic rings. The third kappa shape index (κ3) is 4.64. The first-order chi connectivity index (χ1) is 17.0. The van der Waals surface area contributed by atoms with E-state index in [0.717, 1.165) is 54.4 Å². The Balaban J connectivity index is 1.24. The Bertz CT molecular complexity index is 1080. The lowest BCUT2D eigenvalue weighted by Crippen LogP contribution is -2.63. The molecule has 0 spiro atoms. The SMILES string of the molecule is O=C(O)CCC(NC(=O)OCC1c2ccccc2-c2ccccc21)C(=O)NC1(C2CCC2)CCC1. The molecule has 0 aromatic heterocycles. The van der Waals surface area contributed by atoms with Crippen molar-refractivity contribution >= 4 is 18.0 Å². The van der Waals surface area contributed by atoms with Crippen LogP contribution >= 0.6 is 0 Å². The van der Waals surface area contributed by atoms with Gasteiger partial charge in [0.1, 0.15) is 12.6 Å². The number of amides is 2. The van der Waals surface area contributed by atoms with Gasteiger partial charge < -0.3 is 20.5 Å². The number of nitrogens with one attached hydrogen (secondary N) is 2. The maximum absolute atomic E-state index is 13.2. The quantitative estimate of drug-likeness (QED) is 0.491. The molecule has 2 aromatic carbocycles. The fourth-order valence-corrected chi connectivity index (χ4v) is 5.81. The second-order valence-corrected chi connectivity index (χ2v) is 10.1. The van der Waals surface area contributed by atoms with E-state index in [1.807, 2.05) is 36.4 Å². The van der Waals surface area contributed by atoms with Gasteiger partial charge in [0.2, 0.25) is 5.91 Å². The highest BCUT2D eigenvalue weighted by molar-refractivity contribution is 5.87. The number of rotatable bonds is 9. The number of hydrogen-bond acceptors (Lipinski definition) is 4. The molecule has 1 unspecified atom stereocenters. The number of carboxylic acid groups (broad SMARTS) is 1. The zero-order chi connectivity index (χ0) is 24.4. The van der Waals surface area contributed by atoms with Crippen LogP contribution in [0.4, 0.5) is 4.79 Å². The largest absolute Gasteiger partial charge is 0.481 e. The summed E-state index contributed by atoms with van der Waals surface area (Å²) in [6.07, 6.45) is 5.48. The Morgan fingerprint density at radius 2 is 1.60 bits per heavy atom. The van der Waals surface area contributed by atoms with Gasteiger partial charge in [-0.25, -0.2) is 4.79 Å². The minimum Gasteiger partial charge on any atom is -0.481 e. The predicted molar refractivity (Wildman–Crippen MR) is 131 cm³/mol. The first-order valence-corrected chi connectivity index (χ1v) is 12.6. The third-order valence-corrected chi connectivity index (χ3v) is 8.10. The van der Waals surface area contributed by atoms with Crippen LogP contribution in [0.2, 0.25) is 0 Å². The first kappa shape index (κ1) is 23.4. The van der Waals surface area contributed by atoms with Crippen molar-refractivity contribution in [2.75, 3.05) is 6.61 Å². The standard InChI is InChI=1S/C28H32N2O5/c31-25(32)14-13-24(26(33)30-28(15-6-16-28)18-7-5-8-18)29-27(34)35-17-23-21-11-3-1-9-19(21)20-10-2-4-12-22(20)23/h1-4,9-12,18,23-24H,5-8,13-17H2,(H,29,34)(H,30,33)(H,31,32). The summed E-state index contributed by atoms with van der Waals surface area (Å²) in [6.45, 7) is 0.138. The van der Waals surface area contributed by atoms with E-state index in [9.17, 15) is 14.4 Å². The lowest BCUT2D eigenvalue weighted by atomic mass is 9.60. The van der Waals surface area contributed by atoms with Crippen LogP contribution < -0.4 is 10.6 Å². The maximum atomic E-state index is 13.2. The lowest BCUT2D eigenvalue weighted by Gasteiger charge is -2.52. The normalized spacial score (nSPS) is 18.9. The van der Waals surface area contributed by atoms with Crippen LogP contribution in [0.3, 0.4) is 0 Å². The minimum absolute atomic E-state index is 0.0199. The first-order valence-electron chi connectivity index (χ1n) is 12.6. The molecule has 2 saturated carbocycles. The molecule has 1 atom stereocenters. The van der Waals surface area contributed by atoms with Crippen molar-refractivity contribution in [2.24, 2.45) is 5.92 Å². The van der Waals surface area contributed by atoms with Gasteiger partial charge in [0.05, 0.1) is 0 Å². The van der Waals surface area contributed by atoms with Gasteiger partial charge in [-0.05, 0) is 66.7 Å². The summed E-state index contributed by atoms with van der Waals surface area (Å²) in [6, 6.07) is 15.2. The van der Waals surface area contributed by atoms with Crippen molar-refractivity contribution in [1.29, 1.82) is 0 Å². The van der Waals surface area contributed by atoms with E-state index in [1.165, 1.54) is 6.42 Å². The maximum Gasteiger partial charge on any atom is 0.407 e. The van der Waals surface area contributed by atoms with E-state index < -0.39 is 18.1 Å². The van der Waals surface area contributed by atoms with Crippen LogP contribution in [-0.2, 0) is 14.3 Å². The second-order valence-electron chi connectivity index (χ2n) is 10.1. The molecule has 184 valence electrons. The van der Waals surface area contributed by atoms with E-state index in [0.29, 0.717) is 5.92 Å². The molecule has 7 heteroatoms. The van der Waals surface area contributed by atoms with E-state index in [-0.39, 0.29) is 36.8 Å². The van der Waals surface area contributed by atoms with Crippen molar-refractivity contribution < 1.29 is 24.2 Å². The monoisotopic (exact) mass is 476 g/mol. The van der Waals surface area contributed by atoms with Gasteiger partial charge in [-0.1, -0.05) is 55.0 Å². The lowest BCUT2D eigenvalue weighted by molar-refractivity contribution is -0.137. The summed E-state index contributed by atoms with van der Waals surface area (Å²) in [5, 5.41) is 15.0. The molecule has 35 heavy (non-hydrogen) atoms. The Morgan fingerprint density at radius 3 is 2.11 bits per heavy atom. The van der Waals surface area contributed by atoms with Gasteiger partial charge in [0.25, 0.3) is 0 Å². The molecule has 3 aliphatic carbocycles. The molecule has 2 fully saturated rings. The average molecular weight is 477 g/mol. The number of carbonyl (C=O) groups is 3. The summed E-state index contributed by atoms with van der Waals surface area (Å²) in [5.41, 5.74) is 4.29. The van der Waals surface area contributed by atoms with Crippen molar-refractivity contribution in [3.63, 3.8) is 0 Å². The number of fused-ring (bicyclic) bond motifs is 3. The summed E-state index contributed by atoms with van der Waals surface area (Å²) in [5.74, 6) is -0.924. The van der Waals surface area contributed by atoms with Gasteiger partial charge in [0, 0.05) is 17.9 Å². The van der Waals surface area contributed by atoms with E-state index in [4.69, 9.17) is 9.84 Å². The summed E-state index contributed by atoms with van der Waals surface area (Å²) in [7, 11) is 0. The van der Waals surface area contributed by atoms with Gasteiger partial charge in [-0.2, -0.15) is 0 Å². The van der Waals surface area contributed by atoms with Crippen LogP contribution in [0, 0.1) is 5.92 Å². The van der Waals surface area contributed by atoms with Crippen LogP contribution in [0.15, 0.2) is 48.5 Å². The molecule has 0 saturated heterocycles. The summed E-state index contributed by atoms with van der Waals surface area (Å²) >= 11 is 0. The highest BCUT2D eigenvalue weighted by Gasteiger charge is 2.48. The minimum atomic E-state index is -1.01. The second kappa shape index (κ2) is 9.72. The Kier molecular flexibility index (Phi) is 6.50. The number of alkyl carbamates (subject to hydrolysis) is 1. The third-order valence-electron chi connectivity index (χ3n) is 8.10. The molecule has 2 amide bonds. The predicted octanol–water partition coefficient (Wildman–Crippen LogP) is 4.60. The highest BCUT2D eigenvalue weighted by atomic mass is 16.5. The van der Waals surface area contributed by atoms with Gasteiger partial charge in [-0.3, -0.25) is 9.59 Å². The number of carboxylic acids is 1. The molecule has 0 radical (unpaired) electrons. The summed E-state index contributed by atoms with van der Waals surface area (Å²) in [4.78, 5) is 37.1. The Hall–Kier alpha value is -3.35. The van der Waals surface area contributed by atoms with Crippen LogP contribution in [0.25, 0.3) is 11.1 Å².